The monoisotopic (exact) mass is 728 g/mol. The van der Waals surface area contributed by atoms with Gasteiger partial charge in [0, 0.05) is 52.6 Å². The van der Waals surface area contributed by atoms with E-state index in [-0.39, 0.29) is 32.0 Å². The Kier molecular flexibility index (Phi) is 12.1. The van der Waals surface area contributed by atoms with Crippen molar-refractivity contribution in [1.29, 1.82) is 0 Å². The number of nitrogens with zero attached hydrogens (tertiary/aromatic N) is 4. The molecule has 3 N–H and O–H groups in total. The maximum absolute atomic E-state index is 14.7. The summed E-state index contributed by atoms with van der Waals surface area (Å²) in [6.07, 6.45) is -0.224. The number of rotatable bonds is 16. The molecule has 0 spiro atoms. The summed E-state index contributed by atoms with van der Waals surface area (Å²) in [6.45, 7) is 0.721. The fourth-order valence-corrected chi connectivity index (χ4v) is 5.98. The molecule has 1 aliphatic heterocycles. The van der Waals surface area contributed by atoms with E-state index >= 15 is 0 Å². The number of aliphatic hydroxyl groups is 1. The van der Waals surface area contributed by atoms with Gasteiger partial charge in [0.05, 0.1) is 27.4 Å². The number of ether oxygens (including phenoxy) is 4. The minimum atomic E-state index is -1.51. The summed E-state index contributed by atoms with van der Waals surface area (Å²) in [5.41, 5.74) is 17.2. The molecule has 5 rings (SSSR count). The van der Waals surface area contributed by atoms with Crippen LogP contribution in [0.15, 0.2) is 106 Å². The highest BCUT2D eigenvalue weighted by Gasteiger charge is 2.54. The van der Waals surface area contributed by atoms with Crippen molar-refractivity contribution in [2.75, 3.05) is 27.4 Å². The molecule has 0 aliphatic carbocycles. The molecule has 12 nitrogen and oxygen atoms in total. The molecule has 0 fully saturated rings. The zero-order valence-electron chi connectivity index (χ0n) is 27.1. The molecule has 0 radical (unpaired) electrons. The van der Waals surface area contributed by atoms with E-state index in [0.29, 0.717) is 47.0 Å². The van der Waals surface area contributed by atoms with Crippen molar-refractivity contribution in [2.45, 2.75) is 37.6 Å². The molecular weight excluding hydrogens is 692 g/mol. The normalized spacial score (nSPS) is 16.6. The van der Waals surface area contributed by atoms with Crippen LogP contribution in [0.4, 0.5) is 0 Å². The Morgan fingerprint density at radius 1 is 1.00 bits per heavy atom. The average molecular weight is 730 g/mol. The molecule has 254 valence electrons. The van der Waals surface area contributed by atoms with Crippen molar-refractivity contribution < 1.29 is 28.8 Å². The van der Waals surface area contributed by atoms with E-state index in [0.717, 1.165) is 15.6 Å². The van der Waals surface area contributed by atoms with Gasteiger partial charge in [0.25, 0.3) is 5.91 Å². The molecule has 49 heavy (non-hydrogen) atoms. The first-order chi connectivity index (χ1) is 23.9. The van der Waals surface area contributed by atoms with Gasteiger partial charge < -0.3 is 24.1 Å². The number of carbonyl (C=O) groups excluding carboxylic acids is 1. The molecule has 1 heterocycles. The summed E-state index contributed by atoms with van der Waals surface area (Å²) < 4.78 is 24.1. The lowest BCUT2D eigenvalue weighted by molar-refractivity contribution is -0.130. The van der Waals surface area contributed by atoms with E-state index in [1.807, 2.05) is 72.8 Å². The van der Waals surface area contributed by atoms with Gasteiger partial charge in [0.2, 0.25) is 5.90 Å². The summed E-state index contributed by atoms with van der Waals surface area (Å²) in [4.78, 5) is 22.7. The van der Waals surface area contributed by atoms with E-state index < -0.39 is 17.6 Å². The van der Waals surface area contributed by atoms with E-state index in [4.69, 9.17) is 34.6 Å². The third kappa shape index (κ3) is 8.33. The van der Waals surface area contributed by atoms with Crippen LogP contribution in [0.2, 0.25) is 0 Å². The number of azide groups is 1. The highest BCUT2D eigenvalue weighted by molar-refractivity contribution is 9.10. The van der Waals surface area contributed by atoms with E-state index in [1.165, 1.54) is 0 Å². The van der Waals surface area contributed by atoms with Gasteiger partial charge in [-0.25, -0.2) is 10.4 Å². The Morgan fingerprint density at radius 2 is 1.73 bits per heavy atom. The van der Waals surface area contributed by atoms with Gasteiger partial charge in [-0.15, -0.1) is 0 Å². The Labute approximate surface area is 292 Å². The number of nitrogens with one attached hydrogen (secondary N) is 2. The van der Waals surface area contributed by atoms with Crippen LogP contribution in [0.1, 0.15) is 40.3 Å². The maximum Gasteiger partial charge on any atom is 0.266 e. The first kappa shape index (κ1) is 35.2. The molecule has 1 aliphatic rings. The van der Waals surface area contributed by atoms with Crippen LogP contribution in [0, 0.1) is 0 Å². The van der Waals surface area contributed by atoms with E-state index in [9.17, 15) is 4.79 Å². The minimum Gasteiger partial charge on any atom is -0.497 e. The van der Waals surface area contributed by atoms with Crippen molar-refractivity contribution in [2.24, 2.45) is 10.1 Å². The van der Waals surface area contributed by atoms with Gasteiger partial charge in [-0.1, -0.05) is 69.6 Å². The standard InChI is InChI=1S/C36H37BrN6O6/c1-46-29-17-14-27(32(20-29)47-2)23-39-42-35(45)36(21-25-8-4-6-11-31(25)37)33(30-10-5-3-9-26(30)22-40-43-38)49-34(41-36)24-12-15-28(16-13-24)48-19-7-18-44/h3-6,8-17,20,33,39,44H,7,18-19,21-23H2,1-2H3,(H,42,45)/t33-,36-/m0/s1. The highest BCUT2D eigenvalue weighted by atomic mass is 79.9. The number of amides is 1. The number of hydrogen-bond donors (Lipinski definition) is 3. The molecule has 13 heteroatoms. The van der Waals surface area contributed by atoms with Gasteiger partial charge in [-0.2, -0.15) is 0 Å². The zero-order valence-corrected chi connectivity index (χ0v) is 28.7. The smallest absolute Gasteiger partial charge is 0.266 e. The first-order valence-corrected chi connectivity index (χ1v) is 16.4. The summed E-state index contributed by atoms with van der Waals surface area (Å²) in [6, 6.07) is 27.7. The lowest BCUT2D eigenvalue weighted by atomic mass is 9.80. The number of halogens is 1. The highest BCUT2D eigenvalue weighted by Crippen LogP contribution is 2.44. The lowest BCUT2D eigenvalue weighted by Gasteiger charge is -2.32. The Hall–Kier alpha value is -5.07. The number of benzene rings is 4. The van der Waals surface area contributed by atoms with Crippen LogP contribution in [0.3, 0.4) is 0 Å². The number of hydrogen-bond acceptors (Lipinski definition) is 9. The first-order valence-electron chi connectivity index (χ1n) is 15.6. The second-order valence-electron chi connectivity index (χ2n) is 11.1. The molecule has 1 amide bonds. The van der Waals surface area contributed by atoms with Gasteiger partial charge in [0.1, 0.15) is 17.2 Å². The summed E-state index contributed by atoms with van der Waals surface area (Å²) in [5.74, 6) is 1.71. The summed E-state index contributed by atoms with van der Waals surface area (Å²) in [7, 11) is 3.15. The Balaban J connectivity index is 1.56. The maximum atomic E-state index is 14.7. The molecule has 0 unspecified atom stereocenters. The molecule has 0 saturated heterocycles. The van der Waals surface area contributed by atoms with Gasteiger partial charge in [0.15, 0.2) is 11.6 Å². The molecule has 2 atom stereocenters. The van der Waals surface area contributed by atoms with Gasteiger partial charge in [-0.05, 0) is 58.6 Å². The topological polar surface area (TPSA) is 159 Å². The molecule has 0 bridgehead atoms. The van der Waals surface area contributed by atoms with Gasteiger partial charge in [-0.3, -0.25) is 10.2 Å². The van der Waals surface area contributed by atoms with Crippen molar-refractivity contribution in [3.05, 3.63) is 134 Å². The summed E-state index contributed by atoms with van der Waals surface area (Å²) in [5, 5.41) is 12.9. The van der Waals surface area contributed by atoms with Crippen LogP contribution in [0.5, 0.6) is 17.2 Å². The minimum absolute atomic E-state index is 0.0371. The molecular formula is C36H37BrN6O6. The second kappa shape index (κ2) is 16.8. The number of aliphatic hydroxyl groups excluding tert-OH is 1. The number of aliphatic imine (C=N–C) groups is 1. The van der Waals surface area contributed by atoms with Crippen LogP contribution in [-0.2, 0) is 29.0 Å². The third-order valence-electron chi connectivity index (χ3n) is 8.06. The second-order valence-corrected chi connectivity index (χ2v) is 12.0. The quantitative estimate of drug-likeness (QED) is 0.0398. The Bertz CT molecular complexity index is 1830. The van der Waals surface area contributed by atoms with Crippen LogP contribution in [0.25, 0.3) is 10.4 Å². The predicted octanol–water partition coefficient (Wildman–Crippen LogP) is 6.36. The SMILES string of the molecule is COc1ccc(CNNC(=O)[C@@]2(Cc3ccccc3Br)N=C(c3ccc(OCCCO)cc3)O[C@H]2c2ccccc2CN=[N+]=[N-])c(OC)c1. The number of carbonyl (C=O) groups is 1. The van der Waals surface area contributed by atoms with Crippen LogP contribution < -0.4 is 25.1 Å². The van der Waals surface area contributed by atoms with Crippen LogP contribution in [-0.4, -0.2) is 49.9 Å². The predicted molar refractivity (Wildman–Crippen MR) is 188 cm³/mol. The van der Waals surface area contributed by atoms with Crippen molar-refractivity contribution in [1.82, 2.24) is 10.9 Å². The fraction of sp³-hybridized carbons (Fsp3) is 0.278. The van der Waals surface area contributed by atoms with Crippen molar-refractivity contribution in [3.8, 4) is 17.2 Å². The van der Waals surface area contributed by atoms with Gasteiger partial charge >= 0.3 is 0 Å². The van der Waals surface area contributed by atoms with E-state index in [2.05, 4.69) is 36.8 Å². The fourth-order valence-electron chi connectivity index (χ4n) is 5.56. The Morgan fingerprint density at radius 3 is 2.45 bits per heavy atom. The molecule has 4 aromatic carbocycles. The molecule has 0 aromatic heterocycles. The number of hydrazine groups is 1. The third-order valence-corrected chi connectivity index (χ3v) is 8.84. The van der Waals surface area contributed by atoms with E-state index in [1.54, 1.807) is 32.4 Å². The molecule has 0 saturated carbocycles. The zero-order chi connectivity index (χ0) is 34.6. The molecule has 4 aromatic rings. The van der Waals surface area contributed by atoms with Crippen molar-refractivity contribution >= 4 is 27.7 Å². The number of methoxy groups -OCH3 is 2. The average Bonchev–Trinajstić information content (AvgIpc) is 3.52. The van der Waals surface area contributed by atoms with Crippen molar-refractivity contribution in [3.63, 3.8) is 0 Å². The summed E-state index contributed by atoms with van der Waals surface area (Å²) >= 11 is 3.66. The largest absolute Gasteiger partial charge is 0.497 e. The van der Waals surface area contributed by atoms with Crippen LogP contribution >= 0.6 is 15.9 Å². The lowest BCUT2D eigenvalue weighted by Crippen LogP contribution is -2.53.